The summed E-state index contributed by atoms with van der Waals surface area (Å²) in [6.45, 7) is -0.453. The van der Waals surface area contributed by atoms with Crippen molar-refractivity contribution in [2.75, 3.05) is 11.9 Å². The van der Waals surface area contributed by atoms with Crippen LogP contribution in [0.4, 0.5) is 5.69 Å². The first-order chi connectivity index (χ1) is 10.6. The van der Waals surface area contributed by atoms with Crippen molar-refractivity contribution in [1.29, 1.82) is 5.26 Å². The standard InChI is InChI=1S/C15H10BrN3O3/c16-12-5-11(7-18-8-12)15(21)22-9-14(20)19-13-4-2-1-3-10(13)6-17/h1-5,7-8H,9H2,(H,19,20). The minimum absolute atomic E-state index is 0.236. The predicted octanol–water partition coefficient (Wildman–Crippen LogP) is 2.51. The number of halogens is 1. The Balaban J connectivity index is 1.93. The number of pyridine rings is 1. The fourth-order valence-corrected chi connectivity index (χ4v) is 1.98. The monoisotopic (exact) mass is 359 g/mol. The maximum atomic E-state index is 11.8. The van der Waals surface area contributed by atoms with Crippen LogP contribution in [0.25, 0.3) is 0 Å². The molecule has 1 heterocycles. The lowest BCUT2D eigenvalue weighted by molar-refractivity contribution is -0.119. The van der Waals surface area contributed by atoms with E-state index >= 15 is 0 Å². The molecule has 0 spiro atoms. The molecule has 2 rings (SSSR count). The zero-order valence-electron chi connectivity index (χ0n) is 11.2. The molecule has 1 aromatic carbocycles. The minimum Gasteiger partial charge on any atom is -0.452 e. The van der Waals surface area contributed by atoms with Crippen LogP contribution in [0.3, 0.4) is 0 Å². The first-order valence-electron chi connectivity index (χ1n) is 6.17. The first-order valence-corrected chi connectivity index (χ1v) is 6.96. The summed E-state index contributed by atoms with van der Waals surface area (Å²) in [6.07, 6.45) is 2.87. The van der Waals surface area contributed by atoms with E-state index in [-0.39, 0.29) is 5.56 Å². The Bertz CT molecular complexity index is 756. The maximum absolute atomic E-state index is 11.8. The van der Waals surface area contributed by atoms with Crippen molar-refractivity contribution in [3.63, 3.8) is 0 Å². The number of nitriles is 1. The normalized spacial score (nSPS) is 9.64. The number of esters is 1. The summed E-state index contributed by atoms with van der Waals surface area (Å²) in [5.74, 6) is -1.18. The summed E-state index contributed by atoms with van der Waals surface area (Å²) in [6, 6.07) is 10.1. The van der Waals surface area contributed by atoms with Gasteiger partial charge < -0.3 is 10.1 Å². The number of carbonyl (C=O) groups is 2. The van der Waals surface area contributed by atoms with Gasteiger partial charge in [0.15, 0.2) is 6.61 Å². The molecule has 0 aliphatic carbocycles. The zero-order valence-corrected chi connectivity index (χ0v) is 12.8. The molecule has 22 heavy (non-hydrogen) atoms. The number of nitrogens with zero attached hydrogens (tertiary/aromatic N) is 2. The van der Waals surface area contributed by atoms with E-state index in [1.54, 1.807) is 24.3 Å². The lowest BCUT2D eigenvalue weighted by Gasteiger charge is -2.07. The fraction of sp³-hybridized carbons (Fsp3) is 0.0667. The highest BCUT2D eigenvalue weighted by atomic mass is 79.9. The highest BCUT2D eigenvalue weighted by molar-refractivity contribution is 9.10. The molecule has 0 saturated carbocycles. The largest absolute Gasteiger partial charge is 0.452 e. The third-order valence-electron chi connectivity index (χ3n) is 2.60. The highest BCUT2D eigenvalue weighted by Gasteiger charge is 2.12. The van der Waals surface area contributed by atoms with Gasteiger partial charge in [0.1, 0.15) is 6.07 Å². The summed E-state index contributed by atoms with van der Waals surface area (Å²) < 4.78 is 5.53. The molecule has 0 radical (unpaired) electrons. The van der Waals surface area contributed by atoms with Gasteiger partial charge >= 0.3 is 5.97 Å². The van der Waals surface area contributed by atoms with Crippen molar-refractivity contribution in [2.24, 2.45) is 0 Å². The summed E-state index contributed by atoms with van der Waals surface area (Å²) in [5.41, 5.74) is 0.938. The van der Waals surface area contributed by atoms with Crippen LogP contribution in [-0.4, -0.2) is 23.5 Å². The topological polar surface area (TPSA) is 92.1 Å². The Labute approximate surface area is 134 Å². The van der Waals surface area contributed by atoms with Gasteiger partial charge in [-0.25, -0.2) is 4.79 Å². The second-order valence-electron chi connectivity index (χ2n) is 4.17. The number of benzene rings is 1. The van der Waals surface area contributed by atoms with Crippen LogP contribution < -0.4 is 5.32 Å². The fourth-order valence-electron chi connectivity index (χ4n) is 1.61. The zero-order chi connectivity index (χ0) is 15.9. The number of hydrogen-bond donors (Lipinski definition) is 1. The van der Waals surface area contributed by atoms with Crippen molar-refractivity contribution >= 4 is 33.5 Å². The molecule has 2 aromatic rings. The lowest BCUT2D eigenvalue weighted by Crippen LogP contribution is -2.21. The molecule has 0 bridgehead atoms. The molecule has 0 fully saturated rings. The van der Waals surface area contributed by atoms with Gasteiger partial charge in [0, 0.05) is 16.9 Å². The van der Waals surface area contributed by atoms with E-state index in [1.165, 1.54) is 18.5 Å². The molecule has 110 valence electrons. The van der Waals surface area contributed by atoms with Crippen LogP contribution >= 0.6 is 15.9 Å². The summed E-state index contributed by atoms with van der Waals surface area (Å²) >= 11 is 3.19. The molecule has 1 aromatic heterocycles. The van der Waals surface area contributed by atoms with E-state index in [9.17, 15) is 9.59 Å². The number of nitrogens with one attached hydrogen (secondary N) is 1. The molecule has 0 unspecified atom stereocenters. The minimum atomic E-state index is -0.655. The molecular weight excluding hydrogens is 350 g/mol. The van der Waals surface area contributed by atoms with Gasteiger partial charge in [0.25, 0.3) is 5.91 Å². The summed E-state index contributed by atoms with van der Waals surface area (Å²) in [4.78, 5) is 27.4. The number of rotatable bonds is 4. The Morgan fingerprint density at radius 1 is 1.32 bits per heavy atom. The summed E-state index contributed by atoms with van der Waals surface area (Å²) in [7, 11) is 0. The van der Waals surface area contributed by atoms with E-state index < -0.39 is 18.5 Å². The number of aromatic nitrogens is 1. The molecule has 0 aliphatic rings. The molecule has 1 N–H and O–H groups in total. The number of ether oxygens (including phenoxy) is 1. The van der Waals surface area contributed by atoms with E-state index in [0.29, 0.717) is 15.7 Å². The second kappa shape index (κ2) is 7.33. The third kappa shape index (κ3) is 4.14. The van der Waals surface area contributed by atoms with Gasteiger partial charge in [-0.3, -0.25) is 9.78 Å². The molecular formula is C15H10BrN3O3. The first kappa shape index (κ1) is 15.7. The molecule has 0 saturated heterocycles. The predicted molar refractivity (Wildman–Crippen MR) is 82.0 cm³/mol. The van der Waals surface area contributed by atoms with Crippen LogP contribution in [0.2, 0.25) is 0 Å². The summed E-state index contributed by atoms with van der Waals surface area (Å²) in [5, 5.41) is 11.4. The molecule has 1 amide bonds. The van der Waals surface area contributed by atoms with E-state index in [0.717, 1.165) is 0 Å². The lowest BCUT2D eigenvalue weighted by atomic mass is 10.2. The van der Waals surface area contributed by atoms with Gasteiger partial charge in [-0.05, 0) is 34.1 Å². The van der Waals surface area contributed by atoms with Gasteiger partial charge in [-0.1, -0.05) is 12.1 Å². The van der Waals surface area contributed by atoms with Crippen molar-refractivity contribution in [3.05, 3.63) is 58.3 Å². The molecule has 0 atom stereocenters. The van der Waals surface area contributed by atoms with E-state index in [2.05, 4.69) is 26.2 Å². The highest BCUT2D eigenvalue weighted by Crippen LogP contribution is 2.13. The van der Waals surface area contributed by atoms with Gasteiger partial charge in [0.05, 0.1) is 16.8 Å². The third-order valence-corrected chi connectivity index (χ3v) is 3.03. The average Bonchev–Trinajstić information content (AvgIpc) is 2.53. The van der Waals surface area contributed by atoms with E-state index in [1.807, 2.05) is 6.07 Å². The molecule has 7 heteroatoms. The van der Waals surface area contributed by atoms with Gasteiger partial charge in [0.2, 0.25) is 0 Å². The Hall–Kier alpha value is -2.72. The van der Waals surface area contributed by atoms with Crippen LogP contribution in [0.5, 0.6) is 0 Å². The average molecular weight is 360 g/mol. The van der Waals surface area contributed by atoms with Crippen LogP contribution in [0.15, 0.2) is 47.2 Å². The van der Waals surface area contributed by atoms with Crippen LogP contribution in [0.1, 0.15) is 15.9 Å². The maximum Gasteiger partial charge on any atom is 0.340 e. The molecule has 0 aliphatic heterocycles. The number of para-hydroxylation sites is 1. The van der Waals surface area contributed by atoms with E-state index in [4.69, 9.17) is 10.00 Å². The van der Waals surface area contributed by atoms with Crippen LogP contribution in [-0.2, 0) is 9.53 Å². The molecule has 6 nitrogen and oxygen atoms in total. The van der Waals surface area contributed by atoms with Gasteiger partial charge in [-0.2, -0.15) is 5.26 Å². The number of anilines is 1. The smallest absolute Gasteiger partial charge is 0.340 e. The van der Waals surface area contributed by atoms with Crippen molar-refractivity contribution in [2.45, 2.75) is 0 Å². The Kier molecular flexibility index (Phi) is 5.22. The Morgan fingerprint density at radius 2 is 2.09 bits per heavy atom. The number of carbonyl (C=O) groups excluding carboxylic acids is 2. The van der Waals surface area contributed by atoms with Crippen LogP contribution in [0, 0.1) is 11.3 Å². The number of amides is 1. The van der Waals surface area contributed by atoms with Gasteiger partial charge in [-0.15, -0.1) is 0 Å². The SMILES string of the molecule is N#Cc1ccccc1NC(=O)COC(=O)c1cncc(Br)c1. The Morgan fingerprint density at radius 3 is 2.82 bits per heavy atom. The van der Waals surface area contributed by atoms with Crippen molar-refractivity contribution in [3.8, 4) is 6.07 Å². The number of hydrogen-bond acceptors (Lipinski definition) is 5. The van der Waals surface area contributed by atoms with Crippen molar-refractivity contribution in [1.82, 2.24) is 4.98 Å². The second-order valence-corrected chi connectivity index (χ2v) is 5.09. The quantitative estimate of drug-likeness (QED) is 0.846. The van der Waals surface area contributed by atoms with Crippen molar-refractivity contribution < 1.29 is 14.3 Å².